The summed E-state index contributed by atoms with van der Waals surface area (Å²) in [7, 11) is 0.443. The van der Waals surface area contributed by atoms with Gasteiger partial charge in [-0.2, -0.15) is 0 Å². The van der Waals surface area contributed by atoms with Crippen LogP contribution in [0.2, 0.25) is 5.02 Å². The first-order valence-electron chi connectivity index (χ1n) is 12.5. The number of rotatable bonds is 11. The van der Waals surface area contributed by atoms with Crippen LogP contribution in [0.15, 0.2) is 72.5 Å². The number of halogens is 3. The number of allylic oxidation sites excluding steroid dienone is 4. The molecule has 3 aromatic rings. The van der Waals surface area contributed by atoms with E-state index in [1.165, 1.54) is 36.4 Å². The third-order valence-electron chi connectivity index (χ3n) is 6.10. The highest BCUT2D eigenvalue weighted by molar-refractivity contribution is 7.47. The third kappa shape index (κ3) is 6.80. The summed E-state index contributed by atoms with van der Waals surface area (Å²) in [6.45, 7) is 2.15. The largest absolute Gasteiger partial charge is 0.453 e. The van der Waals surface area contributed by atoms with Gasteiger partial charge in [0.2, 0.25) is 0 Å². The summed E-state index contributed by atoms with van der Waals surface area (Å²) in [5.74, 6) is -1.60. The van der Waals surface area contributed by atoms with E-state index in [4.69, 9.17) is 16.3 Å². The summed E-state index contributed by atoms with van der Waals surface area (Å²) in [6.07, 6.45) is 9.49. The highest BCUT2D eigenvalue weighted by Gasteiger charge is 2.25. The van der Waals surface area contributed by atoms with Gasteiger partial charge in [-0.3, -0.25) is 14.6 Å². The second kappa shape index (κ2) is 13.0. The standard InChI is InChI=1S/C30H27ClF2NO3P/c1-2-3-4-16-38-30-28(31)27(14-15-34-30)37-26-13-8-19(17-24(26)33)18-25(35)23-7-5-6-22(29(23)36)20-9-11-21(32)12-10-20/h6-15,17,38H,2-5,16,18H2,1H3. The van der Waals surface area contributed by atoms with Gasteiger partial charge in [-0.05, 0) is 54.4 Å². The molecule has 8 heteroatoms. The lowest BCUT2D eigenvalue weighted by atomic mass is 9.88. The molecule has 38 heavy (non-hydrogen) atoms. The second-order valence-corrected chi connectivity index (χ2v) is 10.6. The number of hydrogen-bond donors (Lipinski definition) is 0. The van der Waals surface area contributed by atoms with E-state index < -0.39 is 23.2 Å². The van der Waals surface area contributed by atoms with Crippen LogP contribution in [0.3, 0.4) is 0 Å². The Morgan fingerprint density at radius 3 is 2.58 bits per heavy atom. The second-order valence-electron chi connectivity index (χ2n) is 8.88. The smallest absolute Gasteiger partial charge is 0.196 e. The van der Waals surface area contributed by atoms with Crippen LogP contribution in [-0.4, -0.2) is 22.7 Å². The summed E-state index contributed by atoms with van der Waals surface area (Å²) in [4.78, 5) is 30.3. The minimum Gasteiger partial charge on any atom is -0.453 e. The van der Waals surface area contributed by atoms with Crippen molar-refractivity contribution >= 4 is 42.8 Å². The molecule has 0 amide bonds. The molecular weight excluding hydrogens is 527 g/mol. The quantitative estimate of drug-likeness (QED) is 0.141. The molecule has 0 saturated heterocycles. The molecule has 0 bridgehead atoms. The highest BCUT2D eigenvalue weighted by atomic mass is 35.5. The zero-order valence-electron chi connectivity index (χ0n) is 20.9. The number of pyridine rings is 1. The monoisotopic (exact) mass is 553 g/mol. The van der Waals surface area contributed by atoms with E-state index in [1.54, 1.807) is 30.5 Å². The Labute approximate surface area is 227 Å². The van der Waals surface area contributed by atoms with Crippen molar-refractivity contribution in [2.24, 2.45) is 0 Å². The number of aromatic nitrogens is 1. The summed E-state index contributed by atoms with van der Waals surface area (Å²) < 4.78 is 33.9. The molecule has 4 rings (SSSR count). The number of Topliss-reactive ketones (excluding diaryl/α,β-unsaturated/α-hetero) is 2. The Hall–Kier alpha value is -3.21. The SMILES string of the molecule is CCCCCPc1nccc(Oc2ccc(CC(=O)C3=CCC=C(c4ccc(F)cc4)C3=O)cc2F)c1Cl. The van der Waals surface area contributed by atoms with E-state index >= 15 is 0 Å². The van der Waals surface area contributed by atoms with E-state index in [2.05, 4.69) is 11.9 Å². The number of benzene rings is 2. The van der Waals surface area contributed by atoms with Crippen molar-refractivity contribution in [1.29, 1.82) is 0 Å². The molecule has 1 aliphatic rings. The van der Waals surface area contributed by atoms with Gasteiger partial charge in [-0.1, -0.05) is 70.3 Å². The van der Waals surface area contributed by atoms with E-state index in [-0.39, 0.29) is 17.7 Å². The number of nitrogens with zero attached hydrogens (tertiary/aromatic N) is 1. The molecule has 0 radical (unpaired) electrons. The number of ketones is 2. The van der Waals surface area contributed by atoms with Crippen LogP contribution in [0, 0.1) is 11.6 Å². The van der Waals surface area contributed by atoms with Crippen LogP contribution in [0.25, 0.3) is 5.57 Å². The van der Waals surface area contributed by atoms with Gasteiger partial charge in [0.15, 0.2) is 23.1 Å². The first-order chi connectivity index (χ1) is 18.4. The van der Waals surface area contributed by atoms with Crippen molar-refractivity contribution in [2.45, 2.75) is 39.0 Å². The maximum Gasteiger partial charge on any atom is 0.196 e. The molecule has 196 valence electrons. The van der Waals surface area contributed by atoms with Crippen molar-refractivity contribution in [2.75, 3.05) is 6.16 Å². The molecular formula is C30H27ClF2NO3P. The molecule has 0 N–H and O–H groups in total. The fraction of sp³-hybridized carbons (Fsp3) is 0.233. The van der Waals surface area contributed by atoms with Crippen LogP contribution >= 0.6 is 20.2 Å². The molecule has 1 aromatic heterocycles. The lowest BCUT2D eigenvalue weighted by Crippen LogP contribution is -2.18. The average molecular weight is 554 g/mol. The molecule has 4 nitrogen and oxygen atoms in total. The van der Waals surface area contributed by atoms with E-state index in [9.17, 15) is 18.4 Å². The topological polar surface area (TPSA) is 56.3 Å². The van der Waals surface area contributed by atoms with Gasteiger partial charge < -0.3 is 4.74 Å². The van der Waals surface area contributed by atoms with Crippen molar-refractivity contribution < 1.29 is 23.1 Å². The van der Waals surface area contributed by atoms with Crippen molar-refractivity contribution in [3.8, 4) is 11.5 Å². The molecule has 0 saturated carbocycles. The van der Waals surface area contributed by atoms with Crippen LogP contribution in [0.4, 0.5) is 8.78 Å². The predicted octanol–water partition coefficient (Wildman–Crippen LogP) is 7.39. The zero-order chi connectivity index (χ0) is 27.1. The Morgan fingerprint density at radius 1 is 1.05 bits per heavy atom. The fourth-order valence-corrected chi connectivity index (χ4v) is 5.55. The lowest BCUT2D eigenvalue weighted by molar-refractivity contribution is -0.118. The molecule has 0 spiro atoms. The third-order valence-corrected chi connectivity index (χ3v) is 7.94. The minimum absolute atomic E-state index is 0.0240. The summed E-state index contributed by atoms with van der Waals surface area (Å²) in [5, 5.41) is 0.369. The van der Waals surface area contributed by atoms with Gasteiger partial charge in [0.05, 0.1) is 11.0 Å². The van der Waals surface area contributed by atoms with Gasteiger partial charge >= 0.3 is 0 Å². The maximum atomic E-state index is 14.9. The van der Waals surface area contributed by atoms with Crippen molar-refractivity contribution in [3.05, 3.63) is 100 Å². The first-order valence-corrected chi connectivity index (χ1v) is 14.0. The van der Waals surface area contributed by atoms with Gasteiger partial charge in [0.25, 0.3) is 0 Å². The van der Waals surface area contributed by atoms with Crippen LogP contribution < -0.4 is 10.2 Å². The summed E-state index contributed by atoms with van der Waals surface area (Å²) >= 11 is 6.48. The molecule has 2 aromatic carbocycles. The van der Waals surface area contributed by atoms with E-state index in [0.717, 1.165) is 30.9 Å². The molecule has 0 aliphatic heterocycles. The summed E-state index contributed by atoms with van der Waals surface area (Å²) in [5.41, 5.74) is 2.09. The fourth-order valence-electron chi connectivity index (χ4n) is 4.09. The van der Waals surface area contributed by atoms with E-state index in [0.29, 0.717) is 42.5 Å². The maximum absolute atomic E-state index is 14.9. The lowest BCUT2D eigenvalue weighted by Gasteiger charge is -2.14. The Kier molecular flexibility index (Phi) is 9.54. The van der Waals surface area contributed by atoms with Gasteiger partial charge in [0.1, 0.15) is 16.6 Å². The van der Waals surface area contributed by atoms with Crippen molar-refractivity contribution in [1.82, 2.24) is 4.98 Å². The first kappa shape index (κ1) is 27.8. The molecule has 1 unspecified atom stereocenters. The minimum atomic E-state index is -0.647. The van der Waals surface area contributed by atoms with Gasteiger partial charge in [-0.15, -0.1) is 0 Å². The van der Waals surface area contributed by atoms with E-state index in [1.807, 2.05) is 0 Å². The van der Waals surface area contributed by atoms with Gasteiger partial charge in [-0.25, -0.2) is 8.78 Å². The van der Waals surface area contributed by atoms with Crippen molar-refractivity contribution in [3.63, 3.8) is 0 Å². The number of carbonyl (C=O) groups excluding carboxylic acids is 2. The number of unbranched alkanes of at least 4 members (excludes halogenated alkanes) is 2. The Morgan fingerprint density at radius 2 is 1.84 bits per heavy atom. The van der Waals surface area contributed by atoms with Crippen LogP contribution in [0.5, 0.6) is 11.5 Å². The van der Waals surface area contributed by atoms with Gasteiger partial charge in [0, 0.05) is 24.3 Å². The normalized spacial score (nSPS) is 13.5. The molecule has 1 aliphatic carbocycles. The average Bonchev–Trinajstić information content (AvgIpc) is 2.90. The Balaban J connectivity index is 1.42. The van der Waals surface area contributed by atoms with Crippen LogP contribution in [0.1, 0.15) is 43.7 Å². The molecule has 1 atom stereocenters. The Bertz CT molecular complexity index is 1400. The predicted molar refractivity (Wildman–Crippen MR) is 149 cm³/mol. The number of carbonyl (C=O) groups is 2. The summed E-state index contributed by atoms with van der Waals surface area (Å²) in [6, 6.07) is 11.4. The number of hydrogen-bond acceptors (Lipinski definition) is 4. The zero-order valence-corrected chi connectivity index (χ0v) is 22.7. The highest BCUT2D eigenvalue weighted by Crippen LogP contribution is 2.32. The molecule has 1 heterocycles. The van der Waals surface area contributed by atoms with Crippen LogP contribution in [-0.2, 0) is 16.0 Å². The molecule has 0 fully saturated rings. The number of ether oxygens (including phenoxy) is 1.